The summed E-state index contributed by atoms with van der Waals surface area (Å²) in [4.78, 5) is -0.197. The number of phenols is 1. The Morgan fingerprint density at radius 2 is 1.74 bits per heavy atom. The molecule has 0 aromatic heterocycles. The van der Waals surface area contributed by atoms with Crippen molar-refractivity contribution in [1.82, 2.24) is 0 Å². The van der Waals surface area contributed by atoms with Crippen LogP contribution >= 0.6 is 35.0 Å². The van der Waals surface area contributed by atoms with Gasteiger partial charge in [-0.3, -0.25) is 4.72 Å². The Kier molecular flexibility index (Phi) is 5.61. The largest absolute Gasteiger partial charge is 0.505 e. The first-order chi connectivity index (χ1) is 10.7. The molecular weight excluding hydrogens is 391 g/mol. The number of anilines is 1. The van der Waals surface area contributed by atoms with Crippen molar-refractivity contribution in [2.75, 3.05) is 4.72 Å². The first-order valence-electron chi connectivity index (χ1n) is 5.95. The van der Waals surface area contributed by atoms with Crippen molar-refractivity contribution >= 4 is 50.7 Å². The molecule has 0 fully saturated rings. The zero-order valence-corrected chi connectivity index (χ0v) is 14.3. The number of sulfonamides is 1. The molecule has 2 aromatic carbocycles. The van der Waals surface area contributed by atoms with Crippen molar-refractivity contribution in [2.24, 2.45) is 0 Å². The first kappa shape index (κ1) is 18.1. The summed E-state index contributed by atoms with van der Waals surface area (Å²) in [6, 6.07) is 7.59. The maximum absolute atomic E-state index is 12.3. The van der Waals surface area contributed by atoms with Crippen LogP contribution in [0.3, 0.4) is 0 Å². The highest BCUT2D eigenvalue weighted by Gasteiger charge is 2.22. The summed E-state index contributed by atoms with van der Waals surface area (Å²) in [5, 5.41) is 9.61. The van der Waals surface area contributed by atoms with Crippen LogP contribution in [-0.4, -0.2) is 19.3 Å². The third kappa shape index (κ3) is 4.63. The molecule has 10 heteroatoms. The van der Waals surface area contributed by atoms with Gasteiger partial charge in [-0.1, -0.05) is 35.0 Å². The molecule has 0 bridgehead atoms. The molecule has 2 rings (SSSR count). The number of phenolic OH excluding ortho intramolecular Hbond substituents is 1. The molecule has 0 amide bonds. The molecule has 0 atom stereocenters. The average Bonchev–Trinajstić information content (AvgIpc) is 2.44. The number of hydrogen-bond donors (Lipinski definition) is 2. The van der Waals surface area contributed by atoms with Crippen LogP contribution in [0.25, 0.3) is 0 Å². The second kappa shape index (κ2) is 7.12. The Labute approximate surface area is 145 Å². The van der Waals surface area contributed by atoms with Crippen LogP contribution in [0.5, 0.6) is 5.75 Å². The van der Waals surface area contributed by atoms with Crippen LogP contribution in [0.2, 0.25) is 10.0 Å². The van der Waals surface area contributed by atoms with Crippen molar-refractivity contribution < 1.29 is 22.3 Å². The summed E-state index contributed by atoms with van der Waals surface area (Å²) in [6.07, 6.45) is 0. The number of benzene rings is 2. The lowest BCUT2D eigenvalue weighted by atomic mass is 10.3. The summed E-state index contributed by atoms with van der Waals surface area (Å²) in [5.74, 6) is -3.20. The summed E-state index contributed by atoms with van der Waals surface area (Å²) < 4.78 is 51.2. The fraction of sp³-hybridized carbons (Fsp3) is 0.0769. The average molecular weight is 400 g/mol. The zero-order chi connectivity index (χ0) is 17.2. The molecule has 2 aromatic rings. The van der Waals surface area contributed by atoms with E-state index in [0.717, 1.165) is 6.07 Å². The van der Waals surface area contributed by atoms with Gasteiger partial charge in [0.25, 0.3) is 15.8 Å². The topological polar surface area (TPSA) is 66.4 Å². The smallest absolute Gasteiger partial charge is 0.288 e. The molecule has 0 saturated heterocycles. The van der Waals surface area contributed by atoms with Crippen LogP contribution < -0.4 is 4.72 Å². The van der Waals surface area contributed by atoms with Crippen molar-refractivity contribution in [3.63, 3.8) is 0 Å². The second-order valence-corrected chi connectivity index (χ2v) is 7.80. The van der Waals surface area contributed by atoms with Gasteiger partial charge < -0.3 is 5.11 Å². The van der Waals surface area contributed by atoms with Crippen molar-refractivity contribution in [3.8, 4) is 5.75 Å². The van der Waals surface area contributed by atoms with E-state index in [2.05, 4.69) is 4.72 Å². The maximum atomic E-state index is 12.3. The monoisotopic (exact) mass is 399 g/mol. The molecule has 0 spiro atoms. The van der Waals surface area contributed by atoms with Gasteiger partial charge in [-0.25, -0.2) is 8.42 Å². The second-order valence-electron chi connectivity index (χ2n) is 4.24. The van der Waals surface area contributed by atoms with E-state index in [1.54, 1.807) is 0 Å². The van der Waals surface area contributed by atoms with Gasteiger partial charge >= 0.3 is 0 Å². The molecule has 0 saturated carbocycles. The molecule has 23 heavy (non-hydrogen) atoms. The van der Waals surface area contributed by atoms with E-state index in [-0.39, 0.29) is 20.6 Å². The number of aromatic hydroxyl groups is 1. The molecule has 0 aliphatic carbocycles. The van der Waals surface area contributed by atoms with Crippen molar-refractivity contribution in [2.45, 2.75) is 15.5 Å². The fourth-order valence-corrected chi connectivity index (χ4v) is 3.98. The minimum absolute atomic E-state index is 0.0388. The van der Waals surface area contributed by atoms with Gasteiger partial charge in [0.1, 0.15) is 4.90 Å². The van der Waals surface area contributed by atoms with Gasteiger partial charge in [-0.15, -0.1) is 0 Å². The maximum Gasteiger partial charge on any atom is 0.288 e. The third-order valence-corrected chi connectivity index (χ3v) is 5.24. The zero-order valence-electron chi connectivity index (χ0n) is 11.1. The molecule has 124 valence electrons. The van der Waals surface area contributed by atoms with Gasteiger partial charge in [0.2, 0.25) is 0 Å². The van der Waals surface area contributed by atoms with Gasteiger partial charge in [0.05, 0.1) is 5.02 Å². The van der Waals surface area contributed by atoms with E-state index < -0.39 is 26.4 Å². The van der Waals surface area contributed by atoms with E-state index in [1.807, 2.05) is 0 Å². The van der Waals surface area contributed by atoms with E-state index >= 15 is 0 Å². The van der Waals surface area contributed by atoms with Crippen LogP contribution in [0.15, 0.2) is 46.2 Å². The van der Waals surface area contributed by atoms with E-state index in [0.29, 0.717) is 11.8 Å². The minimum atomic E-state index is -4.15. The number of hydrogen-bond acceptors (Lipinski definition) is 4. The highest BCUT2D eigenvalue weighted by molar-refractivity contribution is 7.99. The summed E-state index contributed by atoms with van der Waals surface area (Å²) in [6.45, 7) is 0. The van der Waals surface area contributed by atoms with Crippen LogP contribution in [0.1, 0.15) is 0 Å². The Balaban J connectivity index is 2.28. The lowest BCUT2D eigenvalue weighted by molar-refractivity contribution is 0.252. The molecule has 2 N–H and O–H groups in total. The van der Waals surface area contributed by atoms with Crippen LogP contribution in [-0.2, 0) is 10.0 Å². The molecule has 4 nitrogen and oxygen atoms in total. The molecular formula is C13H9Cl2F2NO3S2. The normalized spacial score (nSPS) is 11.7. The van der Waals surface area contributed by atoms with Crippen molar-refractivity contribution in [3.05, 3.63) is 46.4 Å². The number of alkyl halides is 2. The van der Waals surface area contributed by atoms with Crippen molar-refractivity contribution in [1.29, 1.82) is 0 Å². The predicted molar refractivity (Wildman–Crippen MR) is 87.2 cm³/mol. The number of thioether (sulfide) groups is 1. The quantitative estimate of drug-likeness (QED) is 0.707. The number of rotatable bonds is 5. The fourth-order valence-electron chi connectivity index (χ4n) is 1.66. The Morgan fingerprint density at radius 3 is 2.30 bits per heavy atom. The van der Waals surface area contributed by atoms with Crippen LogP contribution in [0.4, 0.5) is 14.5 Å². The standard InChI is InChI=1S/C13H9Cl2F2NO3S2/c14-7-5-10(15)12(19)11(6-7)23(20,21)18-8-1-3-9(4-2-8)22-13(16)17/h1-6,13,18-19H. The SMILES string of the molecule is O=S(=O)(Nc1ccc(SC(F)F)cc1)c1cc(Cl)cc(Cl)c1O. The first-order valence-corrected chi connectivity index (χ1v) is 9.06. The third-order valence-electron chi connectivity index (χ3n) is 2.61. The van der Waals surface area contributed by atoms with E-state index in [1.165, 1.54) is 30.3 Å². The minimum Gasteiger partial charge on any atom is -0.505 e. The highest BCUT2D eigenvalue weighted by atomic mass is 35.5. The van der Waals surface area contributed by atoms with E-state index in [4.69, 9.17) is 23.2 Å². The molecule has 0 aliphatic rings. The lowest BCUT2D eigenvalue weighted by Gasteiger charge is -2.11. The van der Waals surface area contributed by atoms with Gasteiger partial charge in [-0.05, 0) is 36.4 Å². The number of halogens is 4. The van der Waals surface area contributed by atoms with Gasteiger partial charge in [-0.2, -0.15) is 8.78 Å². The van der Waals surface area contributed by atoms with Crippen LogP contribution in [0, 0.1) is 0 Å². The Hall–Kier alpha value is -1.22. The van der Waals surface area contributed by atoms with Gasteiger partial charge in [0, 0.05) is 15.6 Å². The lowest BCUT2D eigenvalue weighted by Crippen LogP contribution is -2.13. The molecule has 0 unspecified atom stereocenters. The summed E-state index contributed by atoms with van der Waals surface area (Å²) >= 11 is 11.8. The molecule has 0 heterocycles. The summed E-state index contributed by atoms with van der Waals surface area (Å²) in [5.41, 5.74) is 0.138. The van der Waals surface area contributed by atoms with E-state index in [9.17, 15) is 22.3 Å². The summed E-state index contributed by atoms with van der Waals surface area (Å²) in [7, 11) is -4.15. The number of nitrogens with one attached hydrogen (secondary N) is 1. The molecule has 0 radical (unpaired) electrons. The Bertz CT molecular complexity index is 815. The highest BCUT2D eigenvalue weighted by Crippen LogP contribution is 2.35. The predicted octanol–water partition coefficient (Wildman–Crippen LogP) is 4.81. The van der Waals surface area contributed by atoms with Gasteiger partial charge in [0.15, 0.2) is 5.75 Å². The Morgan fingerprint density at radius 1 is 1.13 bits per heavy atom. The molecule has 0 aliphatic heterocycles.